The Balaban J connectivity index is 1.53. The van der Waals surface area contributed by atoms with E-state index in [-0.39, 0.29) is 6.04 Å². The van der Waals surface area contributed by atoms with E-state index in [2.05, 4.69) is 20.9 Å². The summed E-state index contributed by atoms with van der Waals surface area (Å²) in [6.45, 7) is 0.841. The summed E-state index contributed by atoms with van der Waals surface area (Å²) in [5, 5.41) is 12.7. The predicted molar refractivity (Wildman–Crippen MR) is 98.3 cm³/mol. The van der Waals surface area contributed by atoms with Gasteiger partial charge >= 0.3 is 12.0 Å². The molecule has 0 aliphatic heterocycles. The second kappa shape index (κ2) is 8.59. The molecule has 2 N–H and O–H groups in total. The number of nitrogens with one attached hydrogen (secondary N) is 2. The van der Waals surface area contributed by atoms with Crippen LogP contribution in [-0.2, 0) is 20.9 Å². The summed E-state index contributed by atoms with van der Waals surface area (Å²) in [6.07, 6.45) is 2.65. The van der Waals surface area contributed by atoms with Crippen LogP contribution < -0.4 is 16.2 Å². The molecule has 1 unspecified atom stereocenters. The van der Waals surface area contributed by atoms with Crippen LogP contribution in [0.15, 0.2) is 29.1 Å². The van der Waals surface area contributed by atoms with Crippen LogP contribution in [0.3, 0.4) is 0 Å². The molecule has 1 saturated carbocycles. The number of amides is 3. The minimum absolute atomic E-state index is 0.0593. The molecule has 1 aliphatic rings. The Morgan fingerprint density at radius 1 is 1.25 bits per heavy atom. The topological polar surface area (TPSA) is 132 Å². The van der Waals surface area contributed by atoms with Crippen molar-refractivity contribution in [3.63, 3.8) is 0 Å². The van der Waals surface area contributed by atoms with E-state index >= 15 is 0 Å². The highest BCUT2D eigenvalue weighted by atomic mass is 16.5. The van der Waals surface area contributed by atoms with Crippen molar-refractivity contribution in [2.75, 3.05) is 0 Å². The van der Waals surface area contributed by atoms with Crippen LogP contribution in [0.4, 0.5) is 4.79 Å². The second-order valence-electron chi connectivity index (χ2n) is 6.65. The highest BCUT2D eigenvalue weighted by Crippen LogP contribution is 2.17. The first-order valence-electron chi connectivity index (χ1n) is 9.07. The first kappa shape index (κ1) is 19.5. The average molecular weight is 387 g/mol. The van der Waals surface area contributed by atoms with Gasteiger partial charge in [0.15, 0.2) is 6.10 Å². The molecule has 1 aliphatic carbocycles. The number of urea groups is 1. The van der Waals surface area contributed by atoms with Gasteiger partial charge in [-0.1, -0.05) is 30.2 Å². The SMILES string of the molecule is CC(OC(=O)Cn1nnc2ccccc2c1=O)C(=O)NC(=O)NC1CCCC1. The predicted octanol–water partition coefficient (Wildman–Crippen LogP) is 0.492. The third-order valence-corrected chi connectivity index (χ3v) is 4.51. The molecule has 1 aromatic heterocycles. The lowest BCUT2D eigenvalue weighted by molar-refractivity contribution is -0.155. The van der Waals surface area contributed by atoms with E-state index in [1.807, 2.05) is 0 Å². The number of aromatic nitrogens is 3. The summed E-state index contributed by atoms with van der Waals surface area (Å²) in [6, 6.07) is 6.05. The molecule has 0 spiro atoms. The third kappa shape index (κ3) is 4.70. The van der Waals surface area contributed by atoms with Crippen LogP contribution in [0.5, 0.6) is 0 Å². The number of benzene rings is 1. The Hall–Kier alpha value is -3.30. The Morgan fingerprint density at radius 2 is 1.96 bits per heavy atom. The lowest BCUT2D eigenvalue weighted by Gasteiger charge is -2.15. The standard InChI is InChI=1S/C18H21N5O5/c1-11(16(25)20-18(27)19-12-6-2-3-7-12)28-15(24)10-23-17(26)13-8-4-5-9-14(13)21-22-23/h4-5,8-9,11-12H,2-3,6-7,10H2,1H3,(H2,19,20,25,27). The highest BCUT2D eigenvalue weighted by Gasteiger charge is 2.23. The third-order valence-electron chi connectivity index (χ3n) is 4.51. The van der Waals surface area contributed by atoms with Gasteiger partial charge in [0.2, 0.25) is 0 Å². The molecule has 3 amide bonds. The van der Waals surface area contributed by atoms with E-state index in [4.69, 9.17) is 4.74 Å². The Kier molecular flexibility index (Phi) is 5.97. The molecule has 0 bridgehead atoms. The van der Waals surface area contributed by atoms with Gasteiger partial charge in [0.25, 0.3) is 11.5 Å². The van der Waals surface area contributed by atoms with E-state index in [1.54, 1.807) is 24.3 Å². The average Bonchev–Trinajstić information content (AvgIpc) is 3.17. The molecular formula is C18H21N5O5. The zero-order valence-electron chi connectivity index (χ0n) is 15.4. The van der Waals surface area contributed by atoms with Crippen LogP contribution in [0.2, 0.25) is 0 Å². The number of hydrogen-bond acceptors (Lipinski definition) is 7. The first-order chi connectivity index (χ1) is 13.4. The second-order valence-corrected chi connectivity index (χ2v) is 6.65. The summed E-state index contributed by atoms with van der Waals surface area (Å²) in [5.74, 6) is -1.59. The minimum Gasteiger partial charge on any atom is -0.451 e. The number of carbonyl (C=O) groups excluding carboxylic acids is 3. The summed E-state index contributed by atoms with van der Waals surface area (Å²) >= 11 is 0. The van der Waals surface area contributed by atoms with Gasteiger partial charge < -0.3 is 10.1 Å². The lowest BCUT2D eigenvalue weighted by atomic mass is 10.2. The van der Waals surface area contributed by atoms with Crippen molar-refractivity contribution in [1.82, 2.24) is 25.6 Å². The maximum absolute atomic E-state index is 12.3. The molecule has 1 aromatic carbocycles. The number of imide groups is 1. The molecule has 0 saturated heterocycles. The first-order valence-corrected chi connectivity index (χ1v) is 9.07. The number of ether oxygens (including phenoxy) is 1. The fourth-order valence-corrected chi connectivity index (χ4v) is 3.04. The Morgan fingerprint density at radius 3 is 2.71 bits per heavy atom. The van der Waals surface area contributed by atoms with Gasteiger partial charge in [-0.2, -0.15) is 4.68 Å². The fraction of sp³-hybridized carbons (Fsp3) is 0.444. The number of rotatable bonds is 5. The molecule has 1 atom stereocenters. The van der Waals surface area contributed by atoms with Crippen LogP contribution in [0, 0.1) is 0 Å². The molecule has 2 aromatic rings. The van der Waals surface area contributed by atoms with E-state index in [0.717, 1.165) is 30.4 Å². The van der Waals surface area contributed by atoms with Gasteiger partial charge in [0.1, 0.15) is 12.1 Å². The zero-order chi connectivity index (χ0) is 20.1. The highest BCUT2D eigenvalue weighted by molar-refractivity contribution is 5.97. The van der Waals surface area contributed by atoms with Gasteiger partial charge in [-0.05, 0) is 31.9 Å². The van der Waals surface area contributed by atoms with Gasteiger partial charge in [0, 0.05) is 6.04 Å². The van der Waals surface area contributed by atoms with Crippen molar-refractivity contribution >= 4 is 28.8 Å². The lowest BCUT2D eigenvalue weighted by Crippen LogP contribution is -2.47. The van der Waals surface area contributed by atoms with Gasteiger partial charge in [-0.15, -0.1) is 5.10 Å². The molecule has 10 nitrogen and oxygen atoms in total. The quantitative estimate of drug-likeness (QED) is 0.714. The Labute approximate surface area is 160 Å². The smallest absolute Gasteiger partial charge is 0.328 e. The number of fused-ring (bicyclic) bond motifs is 1. The zero-order valence-corrected chi connectivity index (χ0v) is 15.4. The Bertz CT molecular complexity index is 951. The molecule has 1 fully saturated rings. The van der Waals surface area contributed by atoms with Crippen LogP contribution >= 0.6 is 0 Å². The fourth-order valence-electron chi connectivity index (χ4n) is 3.04. The maximum atomic E-state index is 12.3. The van der Waals surface area contributed by atoms with Crippen LogP contribution in [-0.4, -0.2) is 45.0 Å². The van der Waals surface area contributed by atoms with Crippen LogP contribution in [0.25, 0.3) is 10.9 Å². The molecule has 1 heterocycles. The van der Waals surface area contributed by atoms with E-state index in [1.165, 1.54) is 6.92 Å². The van der Waals surface area contributed by atoms with E-state index in [0.29, 0.717) is 10.9 Å². The molecule has 28 heavy (non-hydrogen) atoms. The molecule has 10 heteroatoms. The molecule has 3 rings (SSSR count). The molecule has 148 valence electrons. The van der Waals surface area contributed by atoms with Crippen molar-refractivity contribution in [3.05, 3.63) is 34.6 Å². The van der Waals surface area contributed by atoms with Crippen molar-refractivity contribution in [1.29, 1.82) is 0 Å². The number of hydrogen-bond donors (Lipinski definition) is 2. The number of carbonyl (C=O) groups is 3. The normalized spacial score (nSPS) is 15.2. The maximum Gasteiger partial charge on any atom is 0.328 e. The minimum atomic E-state index is -1.20. The number of nitrogens with zero attached hydrogens (tertiary/aromatic N) is 3. The van der Waals surface area contributed by atoms with Crippen molar-refractivity contribution in [2.24, 2.45) is 0 Å². The summed E-state index contributed by atoms with van der Waals surface area (Å²) in [5.41, 5.74) is -0.0752. The summed E-state index contributed by atoms with van der Waals surface area (Å²) in [4.78, 5) is 48.2. The molecule has 0 radical (unpaired) electrons. The van der Waals surface area contributed by atoms with Gasteiger partial charge in [-0.25, -0.2) is 4.79 Å². The monoisotopic (exact) mass is 387 g/mol. The van der Waals surface area contributed by atoms with Crippen molar-refractivity contribution in [2.45, 2.75) is 51.3 Å². The van der Waals surface area contributed by atoms with Gasteiger partial charge in [-0.3, -0.25) is 19.7 Å². The summed E-state index contributed by atoms with van der Waals surface area (Å²) in [7, 11) is 0. The van der Waals surface area contributed by atoms with Gasteiger partial charge in [0.05, 0.1) is 5.39 Å². The van der Waals surface area contributed by atoms with E-state index < -0.39 is 36.1 Å². The summed E-state index contributed by atoms with van der Waals surface area (Å²) < 4.78 is 5.86. The van der Waals surface area contributed by atoms with E-state index in [9.17, 15) is 19.2 Å². The molecular weight excluding hydrogens is 366 g/mol. The largest absolute Gasteiger partial charge is 0.451 e. The van der Waals surface area contributed by atoms with Crippen LogP contribution in [0.1, 0.15) is 32.6 Å². The van der Waals surface area contributed by atoms with Crippen molar-refractivity contribution < 1.29 is 19.1 Å². The number of esters is 1. The van der Waals surface area contributed by atoms with Crippen molar-refractivity contribution in [3.8, 4) is 0 Å².